The molecule has 0 aliphatic rings. The topological polar surface area (TPSA) is 36.9 Å². The fraction of sp³-hybridized carbons (Fsp3) is 0.429. The van der Waals surface area contributed by atoms with Gasteiger partial charge in [-0.15, -0.1) is 0 Å². The number of unbranched alkanes of at least 4 members (excludes halogenated alkanes) is 1. The Morgan fingerprint density at radius 3 is 1.68 bits per heavy atom. The monoisotopic (exact) mass is 284 g/mol. The molecule has 0 spiro atoms. The van der Waals surface area contributed by atoms with Gasteiger partial charge in [0.1, 0.15) is 0 Å². The van der Waals surface area contributed by atoms with Gasteiger partial charge in [-0.25, -0.2) is 0 Å². The van der Waals surface area contributed by atoms with Crippen molar-refractivity contribution in [3.63, 3.8) is 0 Å². The van der Waals surface area contributed by atoms with Crippen LogP contribution in [0.5, 0.6) is 0 Å². The number of rotatable bonds is 10. The lowest BCUT2D eigenvalue weighted by atomic mass is 10.3. The summed E-state index contributed by atoms with van der Waals surface area (Å²) in [5.74, 6) is 1.33. The molecule has 0 aromatic carbocycles. The fourth-order valence-corrected chi connectivity index (χ4v) is 2.95. The zero-order chi connectivity index (χ0) is 14.9. The second kappa shape index (κ2) is 8.47. The highest BCUT2D eigenvalue weighted by atomic mass is 28.4. The Balaban J connectivity index is 5.03. The predicted molar refractivity (Wildman–Crippen MR) is 78.6 cm³/mol. The van der Waals surface area contributed by atoms with E-state index in [1.807, 2.05) is 6.08 Å². The molecule has 0 fully saturated rings. The second-order valence-electron chi connectivity index (χ2n) is 4.19. The van der Waals surface area contributed by atoms with Gasteiger partial charge in [0, 0.05) is 0 Å². The first-order valence-electron chi connectivity index (χ1n) is 6.17. The van der Waals surface area contributed by atoms with Crippen LogP contribution in [0.25, 0.3) is 0 Å². The van der Waals surface area contributed by atoms with E-state index in [-0.39, 0.29) is 0 Å². The zero-order valence-electron chi connectivity index (χ0n) is 12.3. The van der Waals surface area contributed by atoms with Crippen molar-refractivity contribution in [2.45, 2.75) is 40.5 Å². The summed E-state index contributed by atoms with van der Waals surface area (Å²) in [6.45, 7) is 18.2. The van der Waals surface area contributed by atoms with Gasteiger partial charge in [0.25, 0.3) is 0 Å². The summed E-state index contributed by atoms with van der Waals surface area (Å²) in [5.41, 5.74) is 0. The molecule has 0 rings (SSSR count). The Bertz CT molecular complexity index is 320. The van der Waals surface area contributed by atoms with Crippen molar-refractivity contribution >= 4 is 9.05 Å². The third kappa shape index (κ3) is 8.15. The highest BCUT2D eigenvalue weighted by Crippen LogP contribution is 2.21. The van der Waals surface area contributed by atoms with Crippen LogP contribution in [0.3, 0.4) is 0 Å². The summed E-state index contributed by atoms with van der Waals surface area (Å²) in [6, 6.07) is 0. The van der Waals surface area contributed by atoms with Crippen LogP contribution in [0.4, 0.5) is 0 Å². The van der Waals surface area contributed by atoms with Gasteiger partial charge in [0.15, 0.2) is 0 Å². The van der Waals surface area contributed by atoms with Gasteiger partial charge in [0.2, 0.25) is 0 Å². The Labute approximate surface area is 117 Å². The molecule has 0 saturated heterocycles. The van der Waals surface area contributed by atoms with Crippen LogP contribution in [0.1, 0.15) is 40.5 Å². The van der Waals surface area contributed by atoms with Crippen molar-refractivity contribution in [3.8, 4) is 0 Å². The van der Waals surface area contributed by atoms with Crippen molar-refractivity contribution in [3.05, 3.63) is 49.4 Å². The molecule has 0 bridgehead atoms. The Morgan fingerprint density at radius 1 is 0.947 bits per heavy atom. The average Bonchev–Trinajstić information content (AvgIpc) is 2.21. The third-order valence-electron chi connectivity index (χ3n) is 1.66. The quantitative estimate of drug-likeness (QED) is 0.440. The molecule has 0 aliphatic heterocycles. The maximum atomic E-state index is 5.57. The second-order valence-corrected chi connectivity index (χ2v) is 6.04. The molecule has 0 atom stereocenters. The van der Waals surface area contributed by atoms with Crippen LogP contribution >= 0.6 is 0 Å². The highest BCUT2D eigenvalue weighted by Gasteiger charge is 2.56. The minimum Gasteiger partial charge on any atom is -0.459 e. The standard InChI is InChI=1S/C14H24O4Si/c1-8-9-10-11-15-19(16-12(2)3,17-13(4)5)18-14(6)7/h10-11H,2,4,6,8-9H2,1,3,5,7H3. The molecule has 0 saturated carbocycles. The van der Waals surface area contributed by atoms with Crippen LogP contribution in [0.2, 0.25) is 0 Å². The van der Waals surface area contributed by atoms with Crippen LogP contribution in [-0.4, -0.2) is 9.05 Å². The summed E-state index contributed by atoms with van der Waals surface area (Å²) >= 11 is 0. The van der Waals surface area contributed by atoms with Crippen LogP contribution < -0.4 is 0 Å². The molecule has 0 amide bonds. The first-order chi connectivity index (χ1) is 8.81. The van der Waals surface area contributed by atoms with Gasteiger partial charge in [-0.05, 0) is 27.2 Å². The van der Waals surface area contributed by atoms with E-state index < -0.39 is 9.05 Å². The molecule has 0 heterocycles. The number of hydrogen-bond donors (Lipinski definition) is 0. The van der Waals surface area contributed by atoms with Crippen LogP contribution in [0, 0.1) is 0 Å². The van der Waals surface area contributed by atoms with E-state index in [0.29, 0.717) is 17.3 Å². The van der Waals surface area contributed by atoms with Gasteiger partial charge in [-0.2, -0.15) is 0 Å². The molecule has 0 aliphatic carbocycles. The van der Waals surface area contributed by atoms with Gasteiger partial charge in [-0.3, -0.25) is 0 Å². The molecular formula is C14H24O4Si. The minimum atomic E-state index is -3.42. The lowest BCUT2D eigenvalue weighted by Crippen LogP contribution is -2.46. The summed E-state index contributed by atoms with van der Waals surface area (Å²) in [5, 5.41) is 0. The Morgan fingerprint density at radius 2 is 1.37 bits per heavy atom. The van der Waals surface area contributed by atoms with Crippen LogP contribution in [-0.2, 0) is 17.7 Å². The molecule has 5 heteroatoms. The van der Waals surface area contributed by atoms with Gasteiger partial charge < -0.3 is 17.7 Å². The minimum absolute atomic E-state index is 0.443. The SMILES string of the molecule is C=C(C)O[Si](OC=CCCC)(OC(=C)C)OC(=C)C. The predicted octanol–water partition coefficient (Wildman–Crippen LogP) is 4.40. The van der Waals surface area contributed by atoms with Crippen molar-refractivity contribution in [2.24, 2.45) is 0 Å². The van der Waals surface area contributed by atoms with E-state index in [4.69, 9.17) is 17.7 Å². The molecule has 0 aromatic rings. The van der Waals surface area contributed by atoms with E-state index in [2.05, 4.69) is 26.7 Å². The van der Waals surface area contributed by atoms with Crippen molar-refractivity contribution in [1.29, 1.82) is 0 Å². The molecule has 0 unspecified atom stereocenters. The Kier molecular flexibility index (Phi) is 7.75. The Hall–Kier alpha value is -1.62. The number of allylic oxidation sites excluding steroid dienone is 4. The first kappa shape index (κ1) is 17.4. The molecule has 0 radical (unpaired) electrons. The molecule has 19 heavy (non-hydrogen) atoms. The van der Waals surface area contributed by atoms with Crippen LogP contribution in [0.15, 0.2) is 49.4 Å². The van der Waals surface area contributed by atoms with Crippen molar-refractivity contribution in [1.82, 2.24) is 0 Å². The van der Waals surface area contributed by atoms with E-state index in [0.717, 1.165) is 12.8 Å². The maximum absolute atomic E-state index is 5.57. The zero-order valence-corrected chi connectivity index (χ0v) is 13.3. The summed E-state index contributed by atoms with van der Waals surface area (Å²) < 4.78 is 22.2. The van der Waals surface area contributed by atoms with E-state index >= 15 is 0 Å². The first-order valence-corrected chi connectivity index (χ1v) is 7.81. The average molecular weight is 284 g/mol. The van der Waals surface area contributed by atoms with Gasteiger partial charge >= 0.3 is 9.05 Å². The van der Waals surface area contributed by atoms with E-state index in [9.17, 15) is 0 Å². The molecular weight excluding hydrogens is 260 g/mol. The van der Waals surface area contributed by atoms with E-state index in [1.54, 1.807) is 20.8 Å². The summed E-state index contributed by atoms with van der Waals surface area (Å²) in [4.78, 5) is 0. The third-order valence-corrected chi connectivity index (χ3v) is 3.88. The van der Waals surface area contributed by atoms with E-state index in [1.165, 1.54) is 6.26 Å². The van der Waals surface area contributed by atoms with Gasteiger partial charge in [0.05, 0.1) is 23.5 Å². The fourth-order valence-electron chi connectivity index (χ4n) is 1.14. The highest BCUT2D eigenvalue weighted by molar-refractivity contribution is 6.54. The van der Waals surface area contributed by atoms with Crippen molar-refractivity contribution < 1.29 is 17.7 Å². The lowest BCUT2D eigenvalue weighted by Gasteiger charge is -2.27. The molecule has 0 aromatic heterocycles. The van der Waals surface area contributed by atoms with Crippen molar-refractivity contribution in [2.75, 3.05) is 0 Å². The maximum Gasteiger partial charge on any atom is 0.965 e. The normalized spacial score (nSPS) is 10.9. The smallest absolute Gasteiger partial charge is 0.459 e. The molecule has 0 N–H and O–H groups in total. The lowest BCUT2D eigenvalue weighted by molar-refractivity contribution is 0.0520. The summed E-state index contributed by atoms with van der Waals surface area (Å²) in [7, 11) is -3.42. The molecule has 4 nitrogen and oxygen atoms in total. The summed E-state index contributed by atoms with van der Waals surface area (Å²) in [6.07, 6.45) is 5.34. The largest absolute Gasteiger partial charge is 0.965 e. The molecule has 108 valence electrons. The number of hydrogen-bond acceptors (Lipinski definition) is 4. The van der Waals surface area contributed by atoms with Gasteiger partial charge in [-0.1, -0.05) is 39.2 Å².